The minimum atomic E-state index is 0.655. The van der Waals surface area contributed by atoms with Crippen molar-refractivity contribution >= 4 is 33.3 Å². The van der Waals surface area contributed by atoms with Crippen LogP contribution in [-0.2, 0) is 4.74 Å². The first kappa shape index (κ1) is 12.7. The third-order valence-electron chi connectivity index (χ3n) is 2.03. The molecule has 0 bridgehead atoms. The van der Waals surface area contributed by atoms with Crippen molar-refractivity contribution in [3.05, 3.63) is 21.8 Å². The van der Waals surface area contributed by atoms with Crippen LogP contribution in [0.25, 0.3) is 0 Å². The van der Waals surface area contributed by atoms with Gasteiger partial charge in [-0.3, -0.25) is 0 Å². The van der Waals surface area contributed by atoms with Crippen LogP contribution in [0, 0.1) is 0 Å². The zero-order valence-electron chi connectivity index (χ0n) is 8.83. The molecule has 84 valence electrons. The first-order chi connectivity index (χ1) is 7.19. The highest BCUT2D eigenvalue weighted by Crippen LogP contribution is 2.25. The minimum absolute atomic E-state index is 0.655. The average Bonchev–Trinajstić information content (AvgIpc) is 2.21. The van der Waals surface area contributed by atoms with Crippen LogP contribution in [0.5, 0.6) is 0 Å². The van der Waals surface area contributed by atoms with Crippen LogP contribution in [0.4, 0.5) is 5.82 Å². The molecule has 1 aromatic rings. The number of hydrogen-bond acceptors (Lipinski definition) is 3. The highest BCUT2D eigenvalue weighted by Gasteiger charge is 2.10. The molecule has 0 aromatic carbocycles. The van der Waals surface area contributed by atoms with E-state index in [-0.39, 0.29) is 0 Å². The van der Waals surface area contributed by atoms with E-state index < -0.39 is 0 Å². The molecule has 0 saturated heterocycles. The summed E-state index contributed by atoms with van der Waals surface area (Å²) in [4.78, 5) is 6.38. The Bertz CT molecular complexity index is 322. The molecule has 0 radical (unpaired) electrons. The Kier molecular flexibility index (Phi) is 5.36. The van der Waals surface area contributed by atoms with E-state index in [1.165, 1.54) is 0 Å². The lowest BCUT2D eigenvalue weighted by Crippen LogP contribution is -2.27. The molecular formula is C10H14BrClN2O. The molecular weight excluding hydrogens is 279 g/mol. The van der Waals surface area contributed by atoms with Gasteiger partial charge in [0.15, 0.2) is 0 Å². The smallest absolute Gasteiger partial charge is 0.147 e. The monoisotopic (exact) mass is 292 g/mol. The predicted molar refractivity (Wildman–Crippen MR) is 66.7 cm³/mol. The lowest BCUT2D eigenvalue weighted by molar-refractivity contribution is 0.205. The van der Waals surface area contributed by atoms with Gasteiger partial charge >= 0.3 is 0 Å². The van der Waals surface area contributed by atoms with Crippen LogP contribution in [0.15, 0.2) is 16.7 Å². The number of ether oxygens (including phenoxy) is 1. The molecule has 3 nitrogen and oxygen atoms in total. The lowest BCUT2D eigenvalue weighted by atomic mass is 10.4. The van der Waals surface area contributed by atoms with Crippen molar-refractivity contribution < 1.29 is 4.74 Å². The second-order valence-corrected chi connectivity index (χ2v) is 4.35. The second-order valence-electron chi connectivity index (χ2n) is 3.03. The third kappa shape index (κ3) is 3.63. The molecule has 0 spiro atoms. The number of hydrogen-bond donors (Lipinski definition) is 0. The first-order valence-electron chi connectivity index (χ1n) is 4.74. The summed E-state index contributed by atoms with van der Waals surface area (Å²) in [5, 5.41) is 0.655. The Labute approximate surface area is 104 Å². The van der Waals surface area contributed by atoms with Gasteiger partial charge in [-0.25, -0.2) is 4.98 Å². The van der Waals surface area contributed by atoms with Gasteiger partial charge in [0.1, 0.15) is 5.82 Å². The standard InChI is InChI=1S/C10H14BrClN2O/c1-3-14(4-5-15-2)10-9(12)6-8(11)7-13-10/h6-7H,3-5H2,1-2H3. The molecule has 1 aromatic heterocycles. The highest BCUT2D eigenvalue weighted by molar-refractivity contribution is 9.10. The Morgan fingerprint density at radius 3 is 2.87 bits per heavy atom. The van der Waals surface area contributed by atoms with Gasteiger partial charge in [-0.2, -0.15) is 0 Å². The SMILES string of the molecule is CCN(CCOC)c1ncc(Br)cc1Cl. The normalized spacial score (nSPS) is 10.4. The van der Waals surface area contributed by atoms with Gasteiger partial charge in [0.2, 0.25) is 0 Å². The second kappa shape index (κ2) is 6.30. The summed E-state index contributed by atoms with van der Waals surface area (Å²) in [6, 6.07) is 1.85. The number of aromatic nitrogens is 1. The van der Waals surface area contributed by atoms with Gasteiger partial charge < -0.3 is 9.64 Å². The van der Waals surface area contributed by atoms with Crippen molar-refractivity contribution in [1.29, 1.82) is 0 Å². The molecule has 0 aliphatic heterocycles. The highest BCUT2D eigenvalue weighted by atomic mass is 79.9. The molecule has 5 heteroatoms. The van der Waals surface area contributed by atoms with Gasteiger partial charge in [-0.15, -0.1) is 0 Å². The molecule has 0 saturated carbocycles. The number of methoxy groups -OCH3 is 1. The zero-order valence-corrected chi connectivity index (χ0v) is 11.2. The van der Waals surface area contributed by atoms with E-state index in [0.717, 1.165) is 23.4 Å². The molecule has 0 fully saturated rings. The number of anilines is 1. The molecule has 0 atom stereocenters. The minimum Gasteiger partial charge on any atom is -0.383 e. The Morgan fingerprint density at radius 2 is 2.33 bits per heavy atom. The zero-order chi connectivity index (χ0) is 11.3. The Morgan fingerprint density at radius 1 is 1.60 bits per heavy atom. The van der Waals surface area contributed by atoms with Crippen molar-refractivity contribution in [3.63, 3.8) is 0 Å². The summed E-state index contributed by atoms with van der Waals surface area (Å²) in [5.74, 6) is 0.805. The molecule has 0 aliphatic carbocycles. The van der Waals surface area contributed by atoms with Gasteiger partial charge in [0, 0.05) is 30.9 Å². The van der Waals surface area contributed by atoms with Crippen molar-refractivity contribution in [3.8, 4) is 0 Å². The molecule has 1 rings (SSSR count). The lowest BCUT2D eigenvalue weighted by Gasteiger charge is -2.22. The van der Waals surface area contributed by atoms with Crippen LogP contribution < -0.4 is 4.90 Å². The molecule has 0 N–H and O–H groups in total. The van der Waals surface area contributed by atoms with Crippen molar-refractivity contribution in [2.75, 3.05) is 31.7 Å². The van der Waals surface area contributed by atoms with E-state index in [1.807, 2.05) is 6.07 Å². The number of rotatable bonds is 5. The van der Waals surface area contributed by atoms with E-state index in [2.05, 4.69) is 32.7 Å². The van der Waals surface area contributed by atoms with Gasteiger partial charge in [-0.1, -0.05) is 11.6 Å². The van der Waals surface area contributed by atoms with Crippen LogP contribution >= 0.6 is 27.5 Å². The number of halogens is 2. The maximum Gasteiger partial charge on any atom is 0.147 e. The maximum absolute atomic E-state index is 6.11. The van der Waals surface area contributed by atoms with E-state index in [0.29, 0.717) is 11.6 Å². The molecule has 15 heavy (non-hydrogen) atoms. The topological polar surface area (TPSA) is 25.4 Å². The molecule has 0 unspecified atom stereocenters. The van der Waals surface area contributed by atoms with Crippen molar-refractivity contribution in [2.45, 2.75) is 6.92 Å². The quantitative estimate of drug-likeness (QED) is 0.834. The summed E-state index contributed by atoms with van der Waals surface area (Å²) >= 11 is 9.44. The summed E-state index contributed by atoms with van der Waals surface area (Å²) in [6.45, 7) is 4.39. The van der Waals surface area contributed by atoms with Crippen LogP contribution in [0.2, 0.25) is 5.02 Å². The largest absolute Gasteiger partial charge is 0.383 e. The fourth-order valence-corrected chi connectivity index (χ4v) is 2.00. The third-order valence-corrected chi connectivity index (χ3v) is 2.75. The fourth-order valence-electron chi connectivity index (χ4n) is 1.26. The summed E-state index contributed by atoms with van der Waals surface area (Å²) in [5.41, 5.74) is 0. The maximum atomic E-state index is 6.11. The van der Waals surface area contributed by atoms with Crippen molar-refractivity contribution in [1.82, 2.24) is 4.98 Å². The van der Waals surface area contributed by atoms with E-state index in [1.54, 1.807) is 13.3 Å². The number of pyridine rings is 1. The van der Waals surface area contributed by atoms with Crippen LogP contribution in [-0.4, -0.2) is 31.8 Å². The van der Waals surface area contributed by atoms with E-state index >= 15 is 0 Å². The van der Waals surface area contributed by atoms with Gasteiger partial charge in [0.05, 0.1) is 11.6 Å². The number of nitrogens with zero attached hydrogens (tertiary/aromatic N) is 2. The van der Waals surface area contributed by atoms with Crippen molar-refractivity contribution in [2.24, 2.45) is 0 Å². The average molecular weight is 294 g/mol. The fraction of sp³-hybridized carbons (Fsp3) is 0.500. The van der Waals surface area contributed by atoms with E-state index in [9.17, 15) is 0 Å². The summed E-state index contributed by atoms with van der Waals surface area (Å²) in [6.07, 6.45) is 1.75. The molecule has 0 aliphatic rings. The Balaban J connectivity index is 2.81. The first-order valence-corrected chi connectivity index (χ1v) is 5.91. The molecule has 1 heterocycles. The van der Waals surface area contributed by atoms with Crippen LogP contribution in [0.1, 0.15) is 6.92 Å². The number of likely N-dealkylation sites (N-methyl/N-ethyl adjacent to an activating group) is 1. The van der Waals surface area contributed by atoms with E-state index in [4.69, 9.17) is 16.3 Å². The predicted octanol–water partition coefficient (Wildman–Crippen LogP) is 2.97. The summed E-state index contributed by atoms with van der Waals surface area (Å²) in [7, 11) is 1.68. The van der Waals surface area contributed by atoms with Crippen LogP contribution in [0.3, 0.4) is 0 Å². The molecule has 0 amide bonds. The Hall–Kier alpha value is -0.320. The summed E-state index contributed by atoms with van der Waals surface area (Å²) < 4.78 is 5.93. The van der Waals surface area contributed by atoms with Gasteiger partial charge in [-0.05, 0) is 28.9 Å². The van der Waals surface area contributed by atoms with Gasteiger partial charge in [0.25, 0.3) is 0 Å².